The number of aliphatic hydroxyl groups excluding tert-OH is 1. The smallest absolute Gasteiger partial charge is 0.227 e. The van der Waals surface area contributed by atoms with Gasteiger partial charge in [0, 0.05) is 13.1 Å². The van der Waals surface area contributed by atoms with Crippen molar-refractivity contribution in [1.29, 1.82) is 0 Å². The number of aliphatic hydroxyl groups is 1. The van der Waals surface area contributed by atoms with Crippen molar-refractivity contribution in [3.63, 3.8) is 0 Å². The molecule has 0 spiro atoms. The molecular weight excluding hydrogens is 438 g/mol. The van der Waals surface area contributed by atoms with Gasteiger partial charge in [-0.25, -0.2) is 4.68 Å². The summed E-state index contributed by atoms with van der Waals surface area (Å²) in [5, 5.41) is 15.6. The molecular formula is C29H33N3O3. The lowest BCUT2D eigenvalue weighted by atomic mass is 10.1. The molecule has 0 radical (unpaired) electrons. The number of aryl methyl sites for hydroxylation is 1. The maximum atomic E-state index is 10.7. The SMILES string of the molecule is C=CCC[C@@H](O)CN(Cc1ccco1)Cc1c(CC)nn(-c2ccccc2)c1Oc1ccccc1. The number of nitrogens with zero attached hydrogens (tertiary/aromatic N) is 3. The van der Waals surface area contributed by atoms with Gasteiger partial charge in [-0.15, -0.1) is 6.58 Å². The summed E-state index contributed by atoms with van der Waals surface area (Å²) in [7, 11) is 0. The molecule has 0 unspecified atom stereocenters. The molecule has 2 heterocycles. The van der Waals surface area contributed by atoms with Gasteiger partial charge < -0.3 is 14.3 Å². The third-order valence-corrected chi connectivity index (χ3v) is 5.83. The summed E-state index contributed by atoms with van der Waals surface area (Å²) in [4.78, 5) is 2.19. The van der Waals surface area contributed by atoms with Gasteiger partial charge in [0.05, 0.1) is 35.9 Å². The Labute approximate surface area is 207 Å². The highest BCUT2D eigenvalue weighted by molar-refractivity contribution is 5.43. The van der Waals surface area contributed by atoms with Gasteiger partial charge in [0.15, 0.2) is 0 Å². The fourth-order valence-corrected chi connectivity index (χ4v) is 4.10. The highest BCUT2D eigenvalue weighted by atomic mass is 16.5. The van der Waals surface area contributed by atoms with Crippen molar-refractivity contribution in [2.24, 2.45) is 0 Å². The summed E-state index contributed by atoms with van der Waals surface area (Å²) in [5.74, 6) is 2.28. The predicted molar refractivity (Wildman–Crippen MR) is 138 cm³/mol. The first-order chi connectivity index (χ1) is 17.2. The molecule has 0 aliphatic heterocycles. The Morgan fingerprint density at radius 1 is 1.06 bits per heavy atom. The molecule has 0 aliphatic carbocycles. The highest BCUT2D eigenvalue weighted by Gasteiger charge is 2.24. The number of hydrogen-bond donors (Lipinski definition) is 1. The van der Waals surface area contributed by atoms with Crippen molar-refractivity contribution in [1.82, 2.24) is 14.7 Å². The van der Waals surface area contributed by atoms with Crippen molar-refractivity contribution in [3.8, 4) is 17.3 Å². The van der Waals surface area contributed by atoms with Crippen LogP contribution in [-0.4, -0.2) is 32.4 Å². The molecule has 0 bridgehead atoms. The molecule has 2 aromatic carbocycles. The average Bonchev–Trinajstić information content (AvgIpc) is 3.52. The van der Waals surface area contributed by atoms with E-state index in [0.29, 0.717) is 31.9 Å². The largest absolute Gasteiger partial charge is 0.468 e. The first kappa shape index (κ1) is 24.5. The van der Waals surface area contributed by atoms with E-state index < -0.39 is 6.10 Å². The predicted octanol–water partition coefficient (Wildman–Crippen LogP) is 6.15. The second kappa shape index (κ2) is 12.2. The Balaban J connectivity index is 1.71. The Kier molecular flexibility index (Phi) is 8.54. The number of hydrogen-bond acceptors (Lipinski definition) is 5. The molecule has 6 heteroatoms. The van der Waals surface area contributed by atoms with E-state index in [1.807, 2.05) is 83.6 Å². The lowest BCUT2D eigenvalue weighted by Crippen LogP contribution is -2.32. The van der Waals surface area contributed by atoms with Crippen LogP contribution in [0.1, 0.15) is 36.8 Å². The van der Waals surface area contributed by atoms with Crippen molar-refractivity contribution in [2.45, 2.75) is 45.4 Å². The van der Waals surface area contributed by atoms with Gasteiger partial charge in [-0.05, 0) is 55.7 Å². The van der Waals surface area contributed by atoms with Gasteiger partial charge in [-0.3, -0.25) is 4.90 Å². The number of ether oxygens (including phenoxy) is 1. The molecule has 1 atom stereocenters. The molecule has 2 aromatic heterocycles. The van der Waals surface area contributed by atoms with Gasteiger partial charge >= 0.3 is 0 Å². The van der Waals surface area contributed by atoms with Crippen molar-refractivity contribution in [2.75, 3.05) is 6.54 Å². The molecule has 0 saturated carbocycles. The zero-order valence-electron chi connectivity index (χ0n) is 20.2. The zero-order chi connectivity index (χ0) is 24.5. The Morgan fingerprint density at radius 3 is 2.46 bits per heavy atom. The van der Waals surface area contributed by atoms with Crippen LogP contribution in [0.4, 0.5) is 0 Å². The van der Waals surface area contributed by atoms with Crippen molar-refractivity contribution < 1.29 is 14.3 Å². The third kappa shape index (κ3) is 6.50. The fourth-order valence-electron chi connectivity index (χ4n) is 4.10. The molecule has 6 nitrogen and oxygen atoms in total. The lowest BCUT2D eigenvalue weighted by molar-refractivity contribution is 0.0939. The molecule has 0 amide bonds. The monoisotopic (exact) mass is 471 g/mol. The average molecular weight is 472 g/mol. The number of rotatable bonds is 13. The summed E-state index contributed by atoms with van der Waals surface area (Å²) >= 11 is 0. The number of para-hydroxylation sites is 2. The Bertz CT molecular complexity index is 1170. The first-order valence-corrected chi connectivity index (χ1v) is 12.1. The van der Waals surface area contributed by atoms with E-state index in [1.165, 1.54) is 0 Å². The van der Waals surface area contributed by atoms with Gasteiger partial charge in [-0.1, -0.05) is 49.4 Å². The van der Waals surface area contributed by atoms with E-state index in [-0.39, 0.29) is 0 Å². The number of benzene rings is 2. The van der Waals surface area contributed by atoms with Gasteiger partial charge in [0.2, 0.25) is 5.88 Å². The third-order valence-electron chi connectivity index (χ3n) is 5.83. The van der Waals surface area contributed by atoms with Gasteiger partial charge in [0.1, 0.15) is 11.5 Å². The summed E-state index contributed by atoms with van der Waals surface area (Å²) in [5.41, 5.74) is 2.90. The molecule has 0 aliphatic rings. The molecule has 4 rings (SSSR count). The van der Waals surface area contributed by atoms with Crippen LogP contribution in [0.25, 0.3) is 5.69 Å². The first-order valence-electron chi connectivity index (χ1n) is 12.1. The van der Waals surface area contributed by atoms with Crippen molar-refractivity contribution >= 4 is 0 Å². The van der Waals surface area contributed by atoms with Crippen LogP contribution in [0, 0.1) is 0 Å². The highest BCUT2D eigenvalue weighted by Crippen LogP contribution is 2.32. The maximum absolute atomic E-state index is 10.7. The Hall–Kier alpha value is -3.61. The molecule has 1 N–H and O–H groups in total. The van der Waals surface area contributed by atoms with Crippen LogP contribution in [0.5, 0.6) is 11.6 Å². The van der Waals surface area contributed by atoms with Crippen LogP contribution < -0.4 is 4.74 Å². The Morgan fingerprint density at radius 2 is 1.80 bits per heavy atom. The number of allylic oxidation sites excluding steroid dienone is 1. The van der Waals surface area contributed by atoms with Crippen LogP contribution in [0.2, 0.25) is 0 Å². The van der Waals surface area contributed by atoms with E-state index in [0.717, 1.165) is 41.3 Å². The van der Waals surface area contributed by atoms with E-state index in [2.05, 4.69) is 18.4 Å². The van der Waals surface area contributed by atoms with Crippen LogP contribution in [0.15, 0.2) is 96.1 Å². The molecule has 0 fully saturated rings. The summed E-state index contributed by atoms with van der Waals surface area (Å²) in [6, 6.07) is 23.6. The summed E-state index contributed by atoms with van der Waals surface area (Å²) in [6.07, 6.45) is 5.23. The van der Waals surface area contributed by atoms with Crippen LogP contribution >= 0.6 is 0 Å². The zero-order valence-corrected chi connectivity index (χ0v) is 20.2. The summed E-state index contributed by atoms with van der Waals surface area (Å²) < 4.78 is 14.0. The lowest BCUT2D eigenvalue weighted by Gasteiger charge is -2.24. The van der Waals surface area contributed by atoms with Gasteiger partial charge in [0.25, 0.3) is 0 Å². The quantitative estimate of drug-likeness (QED) is 0.237. The van der Waals surface area contributed by atoms with Gasteiger partial charge in [-0.2, -0.15) is 5.10 Å². The van der Waals surface area contributed by atoms with E-state index in [9.17, 15) is 5.11 Å². The molecule has 0 saturated heterocycles. The van der Waals surface area contributed by atoms with Crippen LogP contribution in [-0.2, 0) is 19.5 Å². The van der Waals surface area contributed by atoms with E-state index in [4.69, 9.17) is 14.3 Å². The topological polar surface area (TPSA) is 63.7 Å². The molecule has 182 valence electrons. The van der Waals surface area contributed by atoms with Crippen LogP contribution in [0.3, 0.4) is 0 Å². The number of aromatic nitrogens is 2. The fraction of sp³-hybridized carbons (Fsp3) is 0.276. The molecule has 35 heavy (non-hydrogen) atoms. The maximum Gasteiger partial charge on any atom is 0.227 e. The second-order valence-electron chi connectivity index (χ2n) is 8.52. The second-order valence-corrected chi connectivity index (χ2v) is 8.52. The standard InChI is InChI=1S/C29H33N3O3/c1-3-5-15-24(33)20-31(21-26-18-12-19-34-26)22-27-28(4-2)30-32(23-13-8-6-9-14-23)29(27)35-25-16-10-7-11-17-25/h3,6-14,16-19,24,33H,1,4-5,15,20-22H2,2H3/t24-/m1/s1. The minimum Gasteiger partial charge on any atom is -0.468 e. The normalized spacial score (nSPS) is 12.1. The summed E-state index contributed by atoms with van der Waals surface area (Å²) in [6.45, 7) is 7.51. The van der Waals surface area contributed by atoms with E-state index in [1.54, 1.807) is 6.26 Å². The minimum absolute atomic E-state index is 0.476. The minimum atomic E-state index is -0.476. The molecule has 4 aromatic rings. The number of furan rings is 1. The van der Waals surface area contributed by atoms with Crippen molar-refractivity contribution in [3.05, 3.63) is 109 Å². The van der Waals surface area contributed by atoms with E-state index >= 15 is 0 Å².